The number of anilines is 1. The number of carbonyl (C=O) groups excluding carboxylic acids is 1. The molecule has 0 radical (unpaired) electrons. The van der Waals surface area contributed by atoms with E-state index in [2.05, 4.69) is 46.7 Å². The number of carbonyl (C=O) groups is 1. The van der Waals surface area contributed by atoms with Crippen molar-refractivity contribution in [1.82, 2.24) is 14.7 Å². The van der Waals surface area contributed by atoms with Crippen molar-refractivity contribution in [3.05, 3.63) is 61.7 Å². The Morgan fingerprint density at radius 2 is 2.07 bits per heavy atom. The van der Waals surface area contributed by atoms with Crippen LogP contribution in [0.15, 0.2) is 41.8 Å². The number of aromatic nitrogens is 2. The first-order valence-electron chi connectivity index (χ1n) is 9.85. The van der Waals surface area contributed by atoms with E-state index in [9.17, 15) is 4.79 Å². The highest BCUT2D eigenvalue weighted by Gasteiger charge is 2.35. The van der Waals surface area contributed by atoms with Gasteiger partial charge in [-0.05, 0) is 54.1 Å². The normalized spacial score (nSPS) is 19.1. The molecule has 2 aromatic heterocycles. The summed E-state index contributed by atoms with van der Waals surface area (Å²) in [5.41, 5.74) is 2.68. The standard InChI is InChI=1S/C21H22N4OS3/c1-14(26)25(16-7-8-16)20-22-24(21(27)29-20)13-23-11-9-18-17(10-12-28-18)19(23)15-5-3-2-4-6-15/h2-6,10,12,16,19H,7-9,11,13H2,1H3. The van der Waals surface area contributed by atoms with Gasteiger partial charge in [0, 0.05) is 24.4 Å². The summed E-state index contributed by atoms with van der Waals surface area (Å²) in [4.78, 5) is 17.8. The minimum Gasteiger partial charge on any atom is -0.284 e. The number of amides is 1. The van der Waals surface area contributed by atoms with Crippen LogP contribution in [0.25, 0.3) is 0 Å². The van der Waals surface area contributed by atoms with Gasteiger partial charge in [0.05, 0.1) is 12.7 Å². The molecule has 2 aliphatic rings. The smallest absolute Gasteiger partial charge is 0.225 e. The van der Waals surface area contributed by atoms with Crippen molar-refractivity contribution in [2.45, 2.75) is 44.9 Å². The minimum atomic E-state index is 0.0476. The van der Waals surface area contributed by atoms with Gasteiger partial charge in [0.25, 0.3) is 0 Å². The first-order valence-corrected chi connectivity index (χ1v) is 12.0. The van der Waals surface area contributed by atoms with Crippen LogP contribution in [-0.2, 0) is 17.9 Å². The molecule has 3 heterocycles. The summed E-state index contributed by atoms with van der Waals surface area (Å²) in [5.74, 6) is 0.0476. The number of nitrogens with zero attached hydrogens (tertiary/aromatic N) is 4. The number of rotatable bonds is 5. The van der Waals surface area contributed by atoms with Gasteiger partial charge >= 0.3 is 0 Å². The Hall–Kier alpha value is -1.87. The second kappa shape index (κ2) is 7.75. The average molecular weight is 443 g/mol. The van der Waals surface area contributed by atoms with E-state index in [-0.39, 0.29) is 11.9 Å². The van der Waals surface area contributed by atoms with Gasteiger partial charge in [-0.2, -0.15) is 0 Å². The highest BCUT2D eigenvalue weighted by molar-refractivity contribution is 7.73. The maximum absolute atomic E-state index is 12.1. The van der Waals surface area contributed by atoms with E-state index in [1.807, 2.05) is 20.9 Å². The lowest BCUT2D eigenvalue weighted by molar-refractivity contribution is -0.116. The Morgan fingerprint density at radius 1 is 1.28 bits per heavy atom. The Balaban J connectivity index is 1.47. The molecule has 1 unspecified atom stereocenters. The molecule has 29 heavy (non-hydrogen) atoms. The van der Waals surface area contributed by atoms with Crippen molar-refractivity contribution in [3.8, 4) is 0 Å². The molecule has 1 fully saturated rings. The van der Waals surface area contributed by atoms with Crippen LogP contribution in [0.3, 0.4) is 0 Å². The summed E-state index contributed by atoms with van der Waals surface area (Å²) in [5, 5.41) is 7.68. The maximum Gasteiger partial charge on any atom is 0.225 e. The minimum absolute atomic E-state index is 0.0476. The molecule has 0 bridgehead atoms. The van der Waals surface area contributed by atoms with Crippen molar-refractivity contribution < 1.29 is 4.79 Å². The van der Waals surface area contributed by atoms with E-state index in [1.165, 1.54) is 27.3 Å². The monoisotopic (exact) mass is 442 g/mol. The lowest BCUT2D eigenvalue weighted by Gasteiger charge is -2.36. The molecule has 1 aliphatic heterocycles. The zero-order valence-electron chi connectivity index (χ0n) is 16.2. The molecule has 0 N–H and O–H groups in total. The maximum atomic E-state index is 12.1. The third-order valence-electron chi connectivity index (χ3n) is 5.55. The van der Waals surface area contributed by atoms with Crippen LogP contribution in [0.2, 0.25) is 0 Å². The third-order valence-corrected chi connectivity index (χ3v) is 7.85. The molecule has 5 nitrogen and oxygen atoms in total. The topological polar surface area (TPSA) is 41.4 Å². The van der Waals surface area contributed by atoms with Gasteiger partial charge < -0.3 is 0 Å². The van der Waals surface area contributed by atoms with E-state index in [4.69, 9.17) is 17.3 Å². The predicted octanol–water partition coefficient (Wildman–Crippen LogP) is 4.86. The fourth-order valence-corrected chi connectivity index (χ4v) is 6.18. The fourth-order valence-electron chi connectivity index (χ4n) is 4.08. The molecule has 3 aromatic rings. The van der Waals surface area contributed by atoms with Gasteiger partial charge in [-0.1, -0.05) is 41.7 Å². The second-order valence-electron chi connectivity index (χ2n) is 7.59. The first-order chi connectivity index (χ1) is 14.1. The summed E-state index contributed by atoms with van der Waals surface area (Å²) in [6, 6.07) is 13.4. The fraction of sp³-hybridized carbons (Fsp3) is 0.381. The van der Waals surface area contributed by atoms with E-state index in [1.54, 1.807) is 6.92 Å². The van der Waals surface area contributed by atoms with Crippen LogP contribution < -0.4 is 4.90 Å². The molecule has 1 saturated carbocycles. The molecule has 0 saturated heterocycles. The molecule has 150 valence electrons. The van der Waals surface area contributed by atoms with E-state index in [0.717, 1.165) is 34.9 Å². The summed E-state index contributed by atoms with van der Waals surface area (Å²) in [6.07, 6.45) is 3.15. The van der Waals surface area contributed by atoms with Crippen LogP contribution in [0, 0.1) is 3.95 Å². The van der Waals surface area contributed by atoms with Crippen LogP contribution in [0.4, 0.5) is 5.13 Å². The molecule has 1 aliphatic carbocycles. The first kappa shape index (κ1) is 19.1. The molecule has 5 rings (SSSR count). The highest BCUT2D eigenvalue weighted by atomic mass is 32.1. The van der Waals surface area contributed by atoms with Crippen molar-refractivity contribution in [3.63, 3.8) is 0 Å². The average Bonchev–Trinajstić information content (AvgIpc) is 3.30. The van der Waals surface area contributed by atoms with Gasteiger partial charge in [-0.15, -0.1) is 16.4 Å². The summed E-state index contributed by atoms with van der Waals surface area (Å²) >= 11 is 8.91. The number of benzene rings is 1. The Labute approximate surface area is 183 Å². The highest BCUT2D eigenvalue weighted by Crippen LogP contribution is 2.38. The molecule has 0 spiro atoms. The van der Waals surface area contributed by atoms with Gasteiger partial charge in [-0.3, -0.25) is 14.6 Å². The zero-order chi connectivity index (χ0) is 20.0. The number of hydrogen-bond donors (Lipinski definition) is 0. The summed E-state index contributed by atoms with van der Waals surface area (Å²) < 4.78 is 2.61. The Bertz CT molecular complexity index is 1080. The number of hydrogen-bond acceptors (Lipinski definition) is 6. The van der Waals surface area contributed by atoms with E-state index in [0.29, 0.717) is 12.7 Å². The quantitative estimate of drug-likeness (QED) is 0.530. The second-order valence-corrected chi connectivity index (χ2v) is 10.2. The van der Waals surface area contributed by atoms with Crippen LogP contribution in [-0.4, -0.2) is 33.2 Å². The van der Waals surface area contributed by atoms with Crippen LogP contribution >= 0.6 is 34.9 Å². The molecule has 1 atom stereocenters. The predicted molar refractivity (Wildman–Crippen MR) is 120 cm³/mol. The van der Waals surface area contributed by atoms with Crippen molar-refractivity contribution in [2.75, 3.05) is 11.4 Å². The van der Waals surface area contributed by atoms with E-state index >= 15 is 0 Å². The van der Waals surface area contributed by atoms with Crippen molar-refractivity contribution >= 4 is 45.9 Å². The summed E-state index contributed by atoms with van der Waals surface area (Å²) in [7, 11) is 0. The van der Waals surface area contributed by atoms with Gasteiger partial charge in [0.15, 0.2) is 3.95 Å². The van der Waals surface area contributed by atoms with E-state index < -0.39 is 0 Å². The number of thiophene rings is 1. The Morgan fingerprint density at radius 3 is 2.79 bits per heavy atom. The Kier molecular flexibility index (Phi) is 5.11. The molecule has 1 amide bonds. The zero-order valence-corrected chi connectivity index (χ0v) is 18.6. The molecular weight excluding hydrogens is 420 g/mol. The molecular formula is C21H22N4OS3. The number of fused-ring (bicyclic) bond motifs is 1. The SMILES string of the molecule is CC(=O)N(c1nn(CN2CCc3sccc3C2c2ccccc2)c(=S)s1)C1CC1. The van der Waals surface area contributed by atoms with Crippen LogP contribution in [0.1, 0.15) is 41.8 Å². The van der Waals surface area contributed by atoms with Crippen LogP contribution in [0.5, 0.6) is 0 Å². The lowest BCUT2D eigenvalue weighted by Crippen LogP contribution is -2.37. The van der Waals surface area contributed by atoms with Gasteiger partial charge in [-0.25, -0.2) is 4.68 Å². The largest absolute Gasteiger partial charge is 0.284 e. The van der Waals surface area contributed by atoms with Gasteiger partial charge in [0.2, 0.25) is 11.0 Å². The summed E-state index contributed by atoms with van der Waals surface area (Å²) in [6.45, 7) is 3.20. The lowest BCUT2D eigenvalue weighted by atomic mass is 9.94. The third kappa shape index (κ3) is 3.70. The van der Waals surface area contributed by atoms with Gasteiger partial charge in [0.1, 0.15) is 0 Å². The van der Waals surface area contributed by atoms with Crippen molar-refractivity contribution in [2.24, 2.45) is 0 Å². The molecule has 8 heteroatoms. The van der Waals surface area contributed by atoms with Crippen molar-refractivity contribution in [1.29, 1.82) is 0 Å². The molecule has 1 aromatic carbocycles.